The van der Waals surface area contributed by atoms with E-state index in [-0.39, 0.29) is 5.60 Å². The minimum atomic E-state index is -0.193. The summed E-state index contributed by atoms with van der Waals surface area (Å²) in [5.41, 5.74) is 0.859. The predicted octanol–water partition coefficient (Wildman–Crippen LogP) is 3.04. The number of aromatic nitrogens is 2. The standard InChI is InChI=1S/C13H23N3O/c1-6-10-11(14-8-3)15-9-16-12(10)17-13(4,5)7-2/h9H,6-8H2,1-5H3,(H,14,15,16). The second-order valence-electron chi connectivity index (χ2n) is 4.61. The molecule has 0 fully saturated rings. The van der Waals surface area contributed by atoms with Crippen molar-refractivity contribution < 1.29 is 4.74 Å². The van der Waals surface area contributed by atoms with Crippen LogP contribution in [-0.2, 0) is 6.42 Å². The van der Waals surface area contributed by atoms with Crippen LogP contribution in [0.15, 0.2) is 6.33 Å². The van der Waals surface area contributed by atoms with Gasteiger partial charge in [-0.1, -0.05) is 13.8 Å². The number of hydrogen-bond acceptors (Lipinski definition) is 4. The molecule has 1 aromatic heterocycles. The maximum atomic E-state index is 5.97. The van der Waals surface area contributed by atoms with Crippen LogP contribution in [0.4, 0.5) is 5.82 Å². The van der Waals surface area contributed by atoms with Crippen LogP contribution >= 0.6 is 0 Å². The lowest BCUT2D eigenvalue weighted by molar-refractivity contribution is 0.0975. The van der Waals surface area contributed by atoms with Gasteiger partial charge in [-0.2, -0.15) is 0 Å². The summed E-state index contributed by atoms with van der Waals surface area (Å²) in [6, 6.07) is 0. The molecule has 96 valence electrons. The number of nitrogens with zero attached hydrogens (tertiary/aromatic N) is 2. The summed E-state index contributed by atoms with van der Waals surface area (Å²) in [7, 11) is 0. The van der Waals surface area contributed by atoms with Gasteiger partial charge in [-0.05, 0) is 33.6 Å². The Morgan fingerprint density at radius 1 is 1.24 bits per heavy atom. The zero-order valence-corrected chi connectivity index (χ0v) is 11.5. The van der Waals surface area contributed by atoms with Crippen molar-refractivity contribution in [3.63, 3.8) is 0 Å². The van der Waals surface area contributed by atoms with Crippen molar-refractivity contribution in [1.82, 2.24) is 9.97 Å². The van der Waals surface area contributed by atoms with E-state index in [9.17, 15) is 0 Å². The molecular formula is C13H23N3O. The Morgan fingerprint density at radius 3 is 2.47 bits per heavy atom. The Balaban J connectivity index is 3.02. The fourth-order valence-electron chi connectivity index (χ4n) is 1.46. The lowest BCUT2D eigenvalue weighted by atomic mass is 10.1. The molecule has 1 aromatic rings. The van der Waals surface area contributed by atoms with Gasteiger partial charge in [0.2, 0.25) is 5.88 Å². The lowest BCUT2D eigenvalue weighted by Crippen LogP contribution is -2.28. The lowest BCUT2D eigenvalue weighted by Gasteiger charge is -2.25. The van der Waals surface area contributed by atoms with Crippen molar-refractivity contribution in [2.45, 2.75) is 53.1 Å². The maximum absolute atomic E-state index is 5.97. The topological polar surface area (TPSA) is 47.0 Å². The molecular weight excluding hydrogens is 214 g/mol. The SMILES string of the molecule is CCNc1ncnc(OC(C)(C)CC)c1CC. The molecule has 0 unspecified atom stereocenters. The Labute approximate surface area is 104 Å². The van der Waals surface area contributed by atoms with E-state index in [1.807, 2.05) is 0 Å². The number of nitrogens with one attached hydrogen (secondary N) is 1. The van der Waals surface area contributed by atoms with Crippen molar-refractivity contribution in [1.29, 1.82) is 0 Å². The van der Waals surface area contributed by atoms with Crippen LogP contribution in [0.5, 0.6) is 5.88 Å². The van der Waals surface area contributed by atoms with Crippen LogP contribution in [0.2, 0.25) is 0 Å². The Bertz CT molecular complexity index is 364. The molecule has 0 saturated heterocycles. The van der Waals surface area contributed by atoms with Crippen LogP contribution in [0.1, 0.15) is 46.6 Å². The third-order valence-electron chi connectivity index (χ3n) is 2.83. The molecule has 1 N–H and O–H groups in total. The summed E-state index contributed by atoms with van der Waals surface area (Å²) in [6.07, 6.45) is 3.35. The molecule has 0 spiro atoms. The van der Waals surface area contributed by atoms with Crippen LogP contribution in [-0.4, -0.2) is 22.1 Å². The van der Waals surface area contributed by atoms with E-state index >= 15 is 0 Å². The van der Waals surface area contributed by atoms with Crippen LogP contribution < -0.4 is 10.1 Å². The van der Waals surface area contributed by atoms with Crippen molar-refractivity contribution >= 4 is 5.82 Å². The molecule has 0 aromatic carbocycles. The summed E-state index contributed by atoms with van der Waals surface area (Å²) in [5.74, 6) is 1.58. The quantitative estimate of drug-likeness (QED) is 0.826. The zero-order chi connectivity index (χ0) is 12.9. The second-order valence-corrected chi connectivity index (χ2v) is 4.61. The number of ether oxygens (including phenoxy) is 1. The van der Waals surface area contributed by atoms with Crippen LogP contribution in [0, 0.1) is 0 Å². The summed E-state index contributed by atoms with van der Waals surface area (Å²) < 4.78 is 5.97. The summed E-state index contributed by atoms with van der Waals surface area (Å²) in [4.78, 5) is 8.51. The van der Waals surface area contributed by atoms with Crippen molar-refractivity contribution in [2.24, 2.45) is 0 Å². The summed E-state index contributed by atoms with van der Waals surface area (Å²) in [6.45, 7) is 11.2. The smallest absolute Gasteiger partial charge is 0.222 e. The first kappa shape index (κ1) is 13.7. The van der Waals surface area contributed by atoms with Gasteiger partial charge in [0.05, 0.1) is 5.56 Å². The van der Waals surface area contributed by atoms with E-state index in [1.165, 1.54) is 0 Å². The Kier molecular flexibility index (Phi) is 4.73. The molecule has 0 aliphatic carbocycles. The molecule has 0 radical (unpaired) electrons. The molecule has 1 heterocycles. The van der Waals surface area contributed by atoms with Crippen LogP contribution in [0.25, 0.3) is 0 Å². The molecule has 0 amide bonds. The van der Waals surface area contributed by atoms with Gasteiger partial charge >= 0.3 is 0 Å². The molecule has 1 rings (SSSR count). The minimum Gasteiger partial charge on any atom is -0.471 e. The fraction of sp³-hybridized carbons (Fsp3) is 0.692. The monoisotopic (exact) mass is 237 g/mol. The highest BCUT2D eigenvalue weighted by molar-refractivity contribution is 5.48. The summed E-state index contributed by atoms with van der Waals surface area (Å²) >= 11 is 0. The van der Waals surface area contributed by atoms with E-state index in [2.05, 4.69) is 49.9 Å². The van der Waals surface area contributed by atoms with E-state index in [1.54, 1.807) is 6.33 Å². The largest absolute Gasteiger partial charge is 0.471 e. The van der Waals surface area contributed by atoms with E-state index < -0.39 is 0 Å². The third kappa shape index (κ3) is 3.58. The highest BCUT2D eigenvalue weighted by Crippen LogP contribution is 2.26. The van der Waals surface area contributed by atoms with Gasteiger partial charge < -0.3 is 10.1 Å². The third-order valence-corrected chi connectivity index (χ3v) is 2.83. The molecule has 17 heavy (non-hydrogen) atoms. The first-order valence-corrected chi connectivity index (χ1v) is 6.30. The van der Waals surface area contributed by atoms with E-state index in [0.717, 1.165) is 30.8 Å². The molecule has 0 saturated carbocycles. The van der Waals surface area contributed by atoms with Gasteiger partial charge in [0.25, 0.3) is 0 Å². The van der Waals surface area contributed by atoms with Gasteiger partial charge in [0.1, 0.15) is 17.7 Å². The average Bonchev–Trinajstić information content (AvgIpc) is 2.29. The van der Waals surface area contributed by atoms with Gasteiger partial charge in [0, 0.05) is 6.54 Å². The van der Waals surface area contributed by atoms with Crippen molar-refractivity contribution in [2.75, 3.05) is 11.9 Å². The average molecular weight is 237 g/mol. The van der Waals surface area contributed by atoms with E-state index in [4.69, 9.17) is 4.74 Å². The number of rotatable bonds is 6. The molecule has 4 heteroatoms. The second kappa shape index (κ2) is 5.84. The predicted molar refractivity (Wildman–Crippen MR) is 70.6 cm³/mol. The molecule has 0 bridgehead atoms. The maximum Gasteiger partial charge on any atom is 0.222 e. The molecule has 0 aliphatic rings. The normalized spacial score (nSPS) is 11.4. The minimum absolute atomic E-state index is 0.193. The highest BCUT2D eigenvalue weighted by atomic mass is 16.5. The summed E-state index contributed by atoms with van der Waals surface area (Å²) in [5, 5.41) is 3.24. The number of anilines is 1. The van der Waals surface area contributed by atoms with Gasteiger partial charge in [0.15, 0.2) is 0 Å². The van der Waals surface area contributed by atoms with Crippen molar-refractivity contribution in [3.8, 4) is 5.88 Å². The van der Waals surface area contributed by atoms with Gasteiger partial charge in [-0.3, -0.25) is 0 Å². The first-order valence-electron chi connectivity index (χ1n) is 6.30. The zero-order valence-electron chi connectivity index (χ0n) is 11.5. The number of hydrogen-bond donors (Lipinski definition) is 1. The first-order chi connectivity index (χ1) is 8.04. The Hall–Kier alpha value is -1.32. The molecule has 4 nitrogen and oxygen atoms in total. The molecule has 0 aliphatic heterocycles. The van der Waals surface area contributed by atoms with Crippen LogP contribution in [0.3, 0.4) is 0 Å². The molecule has 0 atom stereocenters. The Morgan fingerprint density at radius 2 is 1.94 bits per heavy atom. The van der Waals surface area contributed by atoms with E-state index in [0.29, 0.717) is 5.88 Å². The fourth-order valence-corrected chi connectivity index (χ4v) is 1.46. The van der Waals surface area contributed by atoms with Gasteiger partial charge in [-0.15, -0.1) is 0 Å². The van der Waals surface area contributed by atoms with Gasteiger partial charge in [-0.25, -0.2) is 9.97 Å². The van der Waals surface area contributed by atoms with Crippen molar-refractivity contribution in [3.05, 3.63) is 11.9 Å². The highest BCUT2D eigenvalue weighted by Gasteiger charge is 2.20.